The van der Waals surface area contributed by atoms with Crippen molar-refractivity contribution < 1.29 is 4.39 Å². The van der Waals surface area contributed by atoms with Crippen molar-refractivity contribution in [3.05, 3.63) is 24.0 Å². The lowest BCUT2D eigenvalue weighted by Gasteiger charge is -2.38. The average molecular weight is 347 g/mol. The van der Waals surface area contributed by atoms with Gasteiger partial charge < -0.3 is 20.9 Å². The molecule has 3 rings (SSSR count). The Balaban J connectivity index is 1.64. The number of rotatable bonds is 6. The lowest BCUT2D eigenvalue weighted by molar-refractivity contribution is 0.186. The van der Waals surface area contributed by atoms with Gasteiger partial charge in [-0.15, -0.1) is 5.10 Å². The Kier molecular flexibility index (Phi) is 5.37. The van der Waals surface area contributed by atoms with Gasteiger partial charge in [-0.1, -0.05) is 13.8 Å². The van der Waals surface area contributed by atoms with Crippen molar-refractivity contribution in [2.24, 2.45) is 0 Å². The van der Waals surface area contributed by atoms with Gasteiger partial charge in [-0.05, 0) is 44.1 Å². The van der Waals surface area contributed by atoms with E-state index in [1.165, 1.54) is 6.07 Å². The standard InChI is InChI=1S/C17H26FN7/c1-3-24(4-2)13-7-9-25(10-8-13)15-6-5-12(11-14(15)18)20-17-21-16(19)22-23-17/h5-6,11,13H,3-4,7-10H2,1-2H3,(H4,19,20,21,22,23). The first-order valence-electron chi connectivity index (χ1n) is 8.84. The molecule has 1 saturated heterocycles. The zero-order valence-corrected chi connectivity index (χ0v) is 14.8. The van der Waals surface area contributed by atoms with E-state index in [0.29, 0.717) is 23.4 Å². The number of aromatic nitrogens is 3. The van der Waals surface area contributed by atoms with Crippen molar-refractivity contribution >= 4 is 23.3 Å². The maximum Gasteiger partial charge on any atom is 0.248 e. The molecule has 0 radical (unpaired) electrons. The molecule has 1 aromatic carbocycles. The second-order valence-electron chi connectivity index (χ2n) is 6.27. The number of anilines is 4. The average Bonchev–Trinajstić information content (AvgIpc) is 3.02. The van der Waals surface area contributed by atoms with Gasteiger partial charge in [-0.25, -0.2) is 9.49 Å². The number of nitrogens with one attached hydrogen (secondary N) is 2. The monoisotopic (exact) mass is 347 g/mol. The summed E-state index contributed by atoms with van der Waals surface area (Å²) in [5.74, 6) is 0.301. The molecule has 1 aromatic heterocycles. The molecule has 0 aliphatic carbocycles. The molecule has 2 heterocycles. The first-order valence-corrected chi connectivity index (χ1v) is 8.84. The first kappa shape index (κ1) is 17.5. The highest BCUT2D eigenvalue weighted by atomic mass is 19.1. The van der Waals surface area contributed by atoms with Crippen LogP contribution in [0.4, 0.5) is 27.7 Å². The van der Waals surface area contributed by atoms with E-state index in [1.807, 2.05) is 12.1 Å². The number of nitrogens with two attached hydrogens (primary N) is 1. The topological polar surface area (TPSA) is 86.1 Å². The van der Waals surface area contributed by atoms with Crippen molar-refractivity contribution in [1.82, 2.24) is 20.1 Å². The maximum atomic E-state index is 14.6. The zero-order valence-electron chi connectivity index (χ0n) is 14.8. The molecule has 1 fully saturated rings. The van der Waals surface area contributed by atoms with Crippen molar-refractivity contribution in [3.63, 3.8) is 0 Å². The van der Waals surface area contributed by atoms with Crippen LogP contribution in [0, 0.1) is 5.82 Å². The normalized spacial score (nSPS) is 15.8. The van der Waals surface area contributed by atoms with Crippen LogP contribution in [0.2, 0.25) is 0 Å². The quantitative estimate of drug-likeness (QED) is 0.745. The minimum Gasteiger partial charge on any atom is -0.369 e. The maximum absolute atomic E-state index is 14.6. The molecule has 0 spiro atoms. The summed E-state index contributed by atoms with van der Waals surface area (Å²) in [6.45, 7) is 8.29. The van der Waals surface area contributed by atoms with E-state index in [4.69, 9.17) is 5.73 Å². The third-order valence-corrected chi connectivity index (χ3v) is 4.84. The van der Waals surface area contributed by atoms with Crippen LogP contribution in [-0.2, 0) is 0 Å². The summed E-state index contributed by atoms with van der Waals surface area (Å²) in [5, 5.41) is 9.36. The highest BCUT2D eigenvalue weighted by Crippen LogP contribution is 2.27. The molecule has 1 aliphatic heterocycles. The Labute approximate surface area is 147 Å². The van der Waals surface area contributed by atoms with Crippen LogP contribution in [0.25, 0.3) is 0 Å². The largest absolute Gasteiger partial charge is 0.369 e. The Morgan fingerprint density at radius 1 is 1.32 bits per heavy atom. The van der Waals surface area contributed by atoms with Crippen LogP contribution in [0.3, 0.4) is 0 Å². The van der Waals surface area contributed by atoms with Crippen LogP contribution in [0.15, 0.2) is 18.2 Å². The molecule has 0 unspecified atom stereocenters. The molecule has 8 heteroatoms. The van der Waals surface area contributed by atoms with Crippen molar-refractivity contribution in [3.8, 4) is 0 Å². The van der Waals surface area contributed by atoms with Crippen LogP contribution >= 0.6 is 0 Å². The van der Waals surface area contributed by atoms with Crippen LogP contribution in [0.5, 0.6) is 0 Å². The van der Waals surface area contributed by atoms with Gasteiger partial charge in [0, 0.05) is 24.8 Å². The summed E-state index contributed by atoms with van der Waals surface area (Å²) in [7, 11) is 0. The number of halogens is 1. The zero-order chi connectivity index (χ0) is 17.8. The molecule has 0 atom stereocenters. The predicted molar refractivity (Wildman–Crippen MR) is 98.6 cm³/mol. The van der Waals surface area contributed by atoms with Crippen LogP contribution in [-0.4, -0.2) is 52.3 Å². The summed E-state index contributed by atoms with van der Waals surface area (Å²) < 4.78 is 14.6. The summed E-state index contributed by atoms with van der Waals surface area (Å²) in [4.78, 5) is 8.57. The number of hydrogen-bond acceptors (Lipinski definition) is 6. The Hall–Kier alpha value is -2.35. The smallest absolute Gasteiger partial charge is 0.248 e. The lowest BCUT2D eigenvalue weighted by atomic mass is 10.0. The van der Waals surface area contributed by atoms with Gasteiger partial charge in [0.15, 0.2) is 0 Å². The Morgan fingerprint density at radius 3 is 2.60 bits per heavy atom. The molecule has 0 amide bonds. The van der Waals surface area contributed by atoms with Gasteiger partial charge in [0.1, 0.15) is 5.82 Å². The van der Waals surface area contributed by atoms with Gasteiger partial charge >= 0.3 is 0 Å². The molecular formula is C17H26FN7. The Morgan fingerprint density at radius 2 is 2.04 bits per heavy atom. The van der Waals surface area contributed by atoms with Crippen molar-refractivity contribution in [1.29, 1.82) is 0 Å². The molecule has 0 saturated carbocycles. The predicted octanol–water partition coefficient (Wildman–Crippen LogP) is 2.58. The van der Waals surface area contributed by atoms with Gasteiger partial charge in [-0.2, -0.15) is 4.98 Å². The molecule has 0 bridgehead atoms. The number of aromatic amines is 1. The van der Waals surface area contributed by atoms with Gasteiger partial charge in [0.25, 0.3) is 0 Å². The summed E-state index contributed by atoms with van der Waals surface area (Å²) in [5.41, 5.74) is 6.73. The second kappa shape index (κ2) is 7.69. The van der Waals surface area contributed by atoms with E-state index in [9.17, 15) is 4.39 Å². The summed E-state index contributed by atoms with van der Waals surface area (Å²) in [6.07, 6.45) is 2.13. The van der Waals surface area contributed by atoms with E-state index in [1.54, 1.807) is 0 Å². The van der Waals surface area contributed by atoms with E-state index in [-0.39, 0.29) is 11.8 Å². The number of nitrogens with zero attached hydrogens (tertiary/aromatic N) is 4. The SMILES string of the molecule is CCN(CC)C1CCN(c2ccc(Nc3n[nH]c(N)n3)cc2F)CC1. The van der Waals surface area contributed by atoms with Crippen molar-refractivity contribution in [2.75, 3.05) is 42.1 Å². The second-order valence-corrected chi connectivity index (χ2v) is 6.27. The molecule has 1 aliphatic rings. The minimum atomic E-state index is -0.241. The van der Waals surface area contributed by atoms with Gasteiger partial charge in [0.05, 0.1) is 5.69 Å². The van der Waals surface area contributed by atoms with Crippen LogP contribution in [0.1, 0.15) is 26.7 Å². The molecule has 4 N–H and O–H groups in total. The third kappa shape index (κ3) is 4.01. The van der Waals surface area contributed by atoms with Gasteiger partial charge in [0.2, 0.25) is 11.9 Å². The lowest BCUT2D eigenvalue weighted by Crippen LogP contribution is -2.45. The molecule has 2 aromatic rings. The van der Waals surface area contributed by atoms with E-state index >= 15 is 0 Å². The van der Waals surface area contributed by atoms with Crippen LogP contribution < -0.4 is 16.0 Å². The number of nitrogen functional groups attached to an aromatic ring is 1. The molecule has 136 valence electrons. The molecular weight excluding hydrogens is 321 g/mol. The van der Waals surface area contributed by atoms with E-state index in [0.717, 1.165) is 39.0 Å². The fraction of sp³-hybridized carbons (Fsp3) is 0.529. The van der Waals surface area contributed by atoms with E-state index in [2.05, 4.69) is 44.1 Å². The van der Waals surface area contributed by atoms with Crippen molar-refractivity contribution in [2.45, 2.75) is 32.7 Å². The first-order chi connectivity index (χ1) is 12.1. The molecule has 25 heavy (non-hydrogen) atoms. The highest BCUT2D eigenvalue weighted by Gasteiger charge is 2.24. The summed E-state index contributed by atoms with van der Waals surface area (Å²) >= 11 is 0. The highest BCUT2D eigenvalue weighted by molar-refractivity contribution is 5.60. The number of hydrogen-bond donors (Lipinski definition) is 3. The van der Waals surface area contributed by atoms with Gasteiger partial charge in [-0.3, -0.25) is 0 Å². The minimum absolute atomic E-state index is 0.218. The number of H-pyrrole nitrogens is 1. The Bertz CT molecular complexity index is 690. The fourth-order valence-corrected chi connectivity index (χ4v) is 3.51. The number of benzene rings is 1. The van der Waals surface area contributed by atoms with E-state index < -0.39 is 0 Å². The fourth-order valence-electron chi connectivity index (χ4n) is 3.51. The molecule has 7 nitrogen and oxygen atoms in total. The third-order valence-electron chi connectivity index (χ3n) is 4.84. The number of piperidine rings is 1. The summed E-state index contributed by atoms with van der Waals surface area (Å²) in [6, 6.07) is 5.72.